The lowest BCUT2D eigenvalue weighted by molar-refractivity contribution is -0.192. The van der Waals surface area contributed by atoms with Crippen molar-refractivity contribution >= 4 is 23.2 Å². The molecule has 1 amide bonds. The summed E-state index contributed by atoms with van der Waals surface area (Å²) in [5, 5.41) is 10.2. The number of carbonyl (C=O) groups excluding carboxylic acids is 1. The minimum atomic E-state index is -5.08. The maximum atomic E-state index is 12.5. The highest BCUT2D eigenvalue weighted by Crippen LogP contribution is 2.36. The summed E-state index contributed by atoms with van der Waals surface area (Å²) in [6.45, 7) is 9.57. The molecule has 2 saturated heterocycles. The van der Waals surface area contributed by atoms with Crippen molar-refractivity contribution in [1.29, 1.82) is 0 Å². The van der Waals surface area contributed by atoms with Crippen LogP contribution < -0.4 is 0 Å². The number of aliphatic carboxylic acids is 1. The number of carbonyl (C=O) groups is 2. The lowest BCUT2D eigenvalue weighted by Gasteiger charge is -2.51. The molecule has 188 valence electrons. The number of likely N-dealkylation sites (tertiary alicyclic amines) is 1. The molecule has 2 aromatic heterocycles. The number of nitrogens with zero attached hydrogens (tertiary/aromatic N) is 3. The minimum Gasteiger partial charge on any atom is -0.475 e. The molecule has 0 saturated carbocycles. The van der Waals surface area contributed by atoms with Gasteiger partial charge in [-0.15, -0.1) is 11.3 Å². The van der Waals surface area contributed by atoms with Gasteiger partial charge in [0.1, 0.15) is 18.1 Å². The Bertz CT molecular complexity index is 998. The van der Waals surface area contributed by atoms with Gasteiger partial charge in [-0.2, -0.15) is 13.2 Å². The van der Waals surface area contributed by atoms with Gasteiger partial charge < -0.3 is 19.2 Å². The molecule has 34 heavy (non-hydrogen) atoms. The van der Waals surface area contributed by atoms with Gasteiger partial charge in [0.2, 0.25) is 5.91 Å². The zero-order valence-electron chi connectivity index (χ0n) is 19.2. The average molecular weight is 504 g/mol. The van der Waals surface area contributed by atoms with Gasteiger partial charge in [-0.05, 0) is 45.7 Å². The number of furan rings is 1. The van der Waals surface area contributed by atoms with Crippen molar-refractivity contribution in [3.05, 3.63) is 39.7 Å². The third kappa shape index (κ3) is 6.36. The lowest BCUT2D eigenvalue weighted by atomic mass is 9.82. The number of thiazole rings is 1. The molecule has 2 fully saturated rings. The molecule has 4 heterocycles. The van der Waals surface area contributed by atoms with E-state index in [1.807, 2.05) is 30.2 Å². The van der Waals surface area contributed by atoms with Crippen LogP contribution in [0.2, 0.25) is 0 Å². The topological polar surface area (TPSA) is 96.1 Å². The van der Waals surface area contributed by atoms with E-state index in [0.29, 0.717) is 6.54 Å². The number of morpholine rings is 1. The second kappa shape index (κ2) is 10.4. The number of rotatable bonds is 4. The Balaban J connectivity index is 0.000000406. The number of ether oxygens (including phenoxy) is 1. The lowest BCUT2D eigenvalue weighted by Crippen LogP contribution is -2.63. The van der Waals surface area contributed by atoms with Crippen molar-refractivity contribution in [1.82, 2.24) is 14.8 Å². The molecular weight excluding hydrogens is 475 g/mol. The molecule has 1 atom stereocenters. The van der Waals surface area contributed by atoms with Gasteiger partial charge in [0.25, 0.3) is 0 Å². The Morgan fingerprint density at radius 1 is 1.26 bits per heavy atom. The van der Waals surface area contributed by atoms with Crippen molar-refractivity contribution in [2.45, 2.75) is 64.5 Å². The van der Waals surface area contributed by atoms with Crippen LogP contribution in [0, 0.1) is 13.8 Å². The number of hydrogen-bond acceptors (Lipinski definition) is 7. The summed E-state index contributed by atoms with van der Waals surface area (Å²) in [6.07, 6.45) is -3.23. The van der Waals surface area contributed by atoms with E-state index >= 15 is 0 Å². The van der Waals surface area contributed by atoms with E-state index in [4.69, 9.17) is 19.1 Å². The molecule has 1 spiro atoms. The summed E-state index contributed by atoms with van der Waals surface area (Å²) in [6, 6.07) is 4.11. The largest absolute Gasteiger partial charge is 0.490 e. The van der Waals surface area contributed by atoms with Crippen LogP contribution in [-0.4, -0.2) is 69.3 Å². The molecule has 0 aliphatic carbocycles. The number of alkyl halides is 3. The molecule has 0 bridgehead atoms. The van der Waals surface area contributed by atoms with Crippen LogP contribution in [0.1, 0.15) is 42.0 Å². The zero-order valence-corrected chi connectivity index (χ0v) is 20.0. The molecule has 0 radical (unpaired) electrons. The number of hydrogen-bond donors (Lipinski definition) is 1. The zero-order chi connectivity index (χ0) is 25.1. The monoisotopic (exact) mass is 503 g/mol. The van der Waals surface area contributed by atoms with Crippen LogP contribution in [0.25, 0.3) is 0 Å². The number of carboxylic acid groups (broad SMARTS) is 1. The molecule has 12 heteroatoms. The smallest absolute Gasteiger partial charge is 0.475 e. The van der Waals surface area contributed by atoms with Gasteiger partial charge >= 0.3 is 12.1 Å². The first-order valence-electron chi connectivity index (χ1n) is 10.8. The summed E-state index contributed by atoms with van der Waals surface area (Å²) in [5.74, 6) is -0.731. The summed E-state index contributed by atoms with van der Waals surface area (Å²) in [5.41, 5.74) is 0.717. The third-order valence-corrected chi connectivity index (χ3v) is 6.97. The Morgan fingerprint density at radius 2 is 1.91 bits per heavy atom. The third-order valence-electron chi connectivity index (χ3n) is 6.15. The van der Waals surface area contributed by atoms with Crippen molar-refractivity contribution in [3.8, 4) is 0 Å². The van der Waals surface area contributed by atoms with Crippen molar-refractivity contribution in [3.63, 3.8) is 0 Å². The normalized spacial score (nSPS) is 20.8. The summed E-state index contributed by atoms with van der Waals surface area (Å²) >= 11 is 1.63. The van der Waals surface area contributed by atoms with Gasteiger partial charge in [0, 0.05) is 18.5 Å². The molecule has 2 aliphatic heterocycles. The van der Waals surface area contributed by atoms with Crippen molar-refractivity contribution in [2.24, 2.45) is 0 Å². The molecule has 0 aromatic carbocycles. The molecule has 8 nitrogen and oxygen atoms in total. The first-order valence-corrected chi connectivity index (χ1v) is 11.7. The first-order chi connectivity index (χ1) is 15.9. The number of halogens is 3. The molecule has 1 N–H and O–H groups in total. The van der Waals surface area contributed by atoms with E-state index < -0.39 is 12.1 Å². The molecule has 4 rings (SSSR count). The fourth-order valence-electron chi connectivity index (χ4n) is 4.23. The van der Waals surface area contributed by atoms with Crippen LogP contribution in [-0.2, 0) is 27.4 Å². The number of aromatic nitrogens is 1. The fraction of sp³-hybridized carbons (Fsp3) is 0.591. The molecular formula is C22H28F3N3O5S. The SMILES string of the molecule is Cc1ccc(CN2CCC3(CC2)OCC(=O)N(Cc2csc(C)n2)C3C)o1.O=C(O)C(F)(F)F. The summed E-state index contributed by atoms with van der Waals surface area (Å²) in [4.78, 5) is 30.3. The quantitative estimate of drug-likeness (QED) is 0.679. The van der Waals surface area contributed by atoms with E-state index in [2.05, 4.69) is 22.9 Å². The fourth-order valence-corrected chi connectivity index (χ4v) is 4.84. The van der Waals surface area contributed by atoms with E-state index in [0.717, 1.165) is 54.7 Å². The Kier molecular flexibility index (Phi) is 8.04. The van der Waals surface area contributed by atoms with E-state index in [1.54, 1.807) is 11.3 Å². The number of carboxylic acids is 1. The number of aryl methyl sites for hydroxylation is 2. The Labute approximate surface area is 199 Å². The van der Waals surface area contributed by atoms with Crippen LogP contribution in [0.15, 0.2) is 21.9 Å². The standard InChI is InChI=1S/C20H27N3O3S.C2HF3O2/c1-14-4-5-18(26-14)11-22-8-6-20(7-9-22)15(2)23(19(24)12-25-20)10-17-13-27-16(3)21-17;3-2(4,5)1(6)7/h4-5,13,15H,6-12H2,1-3H3;(H,6,7). The van der Waals surface area contributed by atoms with E-state index in [1.165, 1.54) is 0 Å². The number of piperidine rings is 1. The second-order valence-electron chi connectivity index (χ2n) is 8.50. The average Bonchev–Trinajstić information content (AvgIpc) is 3.37. The van der Waals surface area contributed by atoms with E-state index in [9.17, 15) is 18.0 Å². The Morgan fingerprint density at radius 3 is 2.41 bits per heavy atom. The van der Waals surface area contributed by atoms with Crippen LogP contribution >= 0.6 is 11.3 Å². The van der Waals surface area contributed by atoms with Gasteiger partial charge in [0.15, 0.2) is 0 Å². The molecule has 2 aliphatic rings. The predicted octanol–water partition coefficient (Wildman–Crippen LogP) is 3.77. The van der Waals surface area contributed by atoms with Gasteiger partial charge in [-0.25, -0.2) is 9.78 Å². The highest BCUT2D eigenvalue weighted by atomic mass is 32.1. The summed E-state index contributed by atoms with van der Waals surface area (Å²) < 4.78 is 43.6. The predicted molar refractivity (Wildman–Crippen MR) is 117 cm³/mol. The molecule has 1 unspecified atom stereocenters. The van der Waals surface area contributed by atoms with Gasteiger partial charge in [0.05, 0.1) is 35.4 Å². The van der Waals surface area contributed by atoms with Crippen molar-refractivity contribution < 1.29 is 37.0 Å². The number of amides is 1. The van der Waals surface area contributed by atoms with E-state index in [-0.39, 0.29) is 24.2 Å². The van der Waals surface area contributed by atoms with Gasteiger partial charge in [-0.1, -0.05) is 0 Å². The van der Waals surface area contributed by atoms with Crippen LogP contribution in [0.3, 0.4) is 0 Å². The molecule has 2 aromatic rings. The van der Waals surface area contributed by atoms with Crippen LogP contribution in [0.4, 0.5) is 13.2 Å². The summed E-state index contributed by atoms with van der Waals surface area (Å²) in [7, 11) is 0. The second-order valence-corrected chi connectivity index (χ2v) is 9.56. The maximum Gasteiger partial charge on any atom is 0.490 e. The highest BCUT2D eigenvalue weighted by molar-refractivity contribution is 7.09. The Hall–Kier alpha value is -2.44. The van der Waals surface area contributed by atoms with Gasteiger partial charge in [-0.3, -0.25) is 9.69 Å². The first kappa shape index (κ1) is 26.2. The van der Waals surface area contributed by atoms with Crippen molar-refractivity contribution in [2.75, 3.05) is 19.7 Å². The maximum absolute atomic E-state index is 12.5. The van der Waals surface area contributed by atoms with Crippen LogP contribution in [0.5, 0.6) is 0 Å². The minimum absolute atomic E-state index is 0.0498. The highest BCUT2D eigenvalue weighted by Gasteiger charge is 2.48.